The van der Waals surface area contributed by atoms with Crippen molar-refractivity contribution in [2.24, 2.45) is 0 Å². The van der Waals surface area contributed by atoms with Gasteiger partial charge in [0.15, 0.2) is 0 Å². The number of fused-ring (bicyclic) bond motifs is 1. The van der Waals surface area contributed by atoms with Gasteiger partial charge in [0.05, 0.1) is 18.1 Å². The highest BCUT2D eigenvalue weighted by Crippen LogP contribution is 2.25. The molecule has 0 bridgehead atoms. The van der Waals surface area contributed by atoms with Crippen LogP contribution in [0.15, 0.2) is 46.9 Å². The number of methoxy groups -OCH3 is 1. The van der Waals surface area contributed by atoms with Crippen LogP contribution >= 0.6 is 15.9 Å². The summed E-state index contributed by atoms with van der Waals surface area (Å²) >= 11 is 3.56. The van der Waals surface area contributed by atoms with Crippen molar-refractivity contribution in [1.82, 2.24) is 0 Å². The van der Waals surface area contributed by atoms with Crippen LogP contribution in [0.25, 0.3) is 0 Å². The summed E-state index contributed by atoms with van der Waals surface area (Å²) in [6.45, 7) is 3.40. The molecule has 1 aliphatic heterocycles. The first-order valence-corrected chi connectivity index (χ1v) is 7.78. The molecule has 0 saturated carbocycles. The molecule has 0 aliphatic carbocycles. The Morgan fingerprint density at radius 3 is 2.70 bits per heavy atom. The van der Waals surface area contributed by atoms with Crippen molar-refractivity contribution in [3.8, 4) is 5.75 Å². The van der Waals surface area contributed by atoms with Crippen molar-refractivity contribution in [1.29, 1.82) is 0 Å². The summed E-state index contributed by atoms with van der Waals surface area (Å²) < 4.78 is 6.32. The lowest BCUT2D eigenvalue weighted by Gasteiger charge is -2.26. The number of halogens is 1. The Kier molecular flexibility index (Phi) is 4.08. The van der Waals surface area contributed by atoms with E-state index in [0.29, 0.717) is 0 Å². The highest BCUT2D eigenvalue weighted by Gasteiger charge is 2.19. The number of benzene rings is 2. The van der Waals surface area contributed by atoms with Gasteiger partial charge in [-0.05, 0) is 39.7 Å². The van der Waals surface area contributed by atoms with E-state index in [-0.39, 0.29) is 0 Å². The zero-order chi connectivity index (χ0) is 13.9. The molecule has 2 aromatic carbocycles. The number of nitrogens with one attached hydrogen (secondary N) is 1. The molecule has 20 heavy (non-hydrogen) atoms. The zero-order valence-corrected chi connectivity index (χ0v) is 13.2. The van der Waals surface area contributed by atoms with Crippen molar-refractivity contribution in [3.63, 3.8) is 0 Å². The molecule has 0 saturated heterocycles. The fraction of sp³-hybridized carbons (Fsp3) is 0.294. The van der Waals surface area contributed by atoms with Crippen molar-refractivity contribution >= 4 is 15.9 Å². The Morgan fingerprint density at radius 2 is 1.95 bits per heavy atom. The zero-order valence-electron chi connectivity index (χ0n) is 11.7. The number of rotatable bonds is 3. The maximum atomic E-state index is 5.28. The lowest BCUT2D eigenvalue weighted by Crippen LogP contribution is -3.10. The third kappa shape index (κ3) is 2.89. The largest absolute Gasteiger partial charge is 0.496 e. The van der Waals surface area contributed by atoms with E-state index in [1.54, 1.807) is 12.0 Å². The Bertz CT molecular complexity index is 612. The van der Waals surface area contributed by atoms with Gasteiger partial charge in [0.25, 0.3) is 0 Å². The van der Waals surface area contributed by atoms with Gasteiger partial charge in [0.1, 0.15) is 18.8 Å². The molecule has 2 aromatic rings. The fourth-order valence-corrected chi connectivity index (χ4v) is 3.49. The second-order valence-corrected chi connectivity index (χ2v) is 6.20. The van der Waals surface area contributed by atoms with Crippen molar-refractivity contribution in [2.75, 3.05) is 13.7 Å². The van der Waals surface area contributed by atoms with Gasteiger partial charge in [-0.2, -0.15) is 0 Å². The van der Waals surface area contributed by atoms with E-state index in [9.17, 15) is 0 Å². The van der Waals surface area contributed by atoms with Crippen molar-refractivity contribution in [3.05, 3.63) is 63.6 Å². The average molecular weight is 333 g/mol. The Morgan fingerprint density at radius 1 is 1.15 bits per heavy atom. The first kappa shape index (κ1) is 13.7. The lowest BCUT2D eigenvalue weighted by atomic mass is 9.99. The molecule has 104 valence electrons. The molecule has 0 amide bonds. The summed E-state index contributed by atoms with van der Waals surface area (Å²) in [4.78, 5) is 1.63. The molecule has 1 heterocycles. The highest BCUT2D eigenvalue weighted by molar-refractivity contribution is 9.10. The lowest BCUT2D eigenvalue weighted by molar-refractivity contribution is -0.929. The minimum absolute atomic E-state index is 0.896. The second-order valence-electron chi connectivity index (χ2n) is 5.34. The van der Waals surface area contributed by atoms with E-state index in [2.05, 4.69) is 52.3 Å². The molecule has 3 rings (SSSR count). The van der Waals surface area contributed by atoms with Gasteiger partial charge < -0.3 is 9.64 Å². The van der Waals surface area contributed by atoms with Gasteiger partial charge in [-0.15, -0.1) is 0 Å². The molecule has 1 atom stereocenters. The summed E-state index contributed by atoms with van der Waals surface area (Å²) in [5.74, 6) is 0.896. The molecule has 3 heteroatoms. The Hall–Kier alpha value is -1.32. The molecular formula is C17H19BrNO+. The maximum Gasteiger partial charge on any atom is 0.133 e. The standard InChI is InChI=1S/C17H18BrNO/c1-20-17-7-6-13(10-16(17)18)11-19-9-8-14-4-2-3-5-15(14)12-19/h2-7,10H,8-9,11-12H2,1H3/p+1. The van der Waals surface area contributed by atoms with Crippen LogP contribution in [0.2, 0.25) is 0 Å². The van der Waals surface area contributed by atoms with E-state index in [1.807, 2.05) is 6.07 Å². The average Bonchev–Trinajstić information content (AvgIpc) is 2.47. The quantitative estimate of drug-likeness (QED) is 0.912. The second kappa shape index (κ2) is 5.98. The molecule has 0 radical (unpaired) electrons. The van der Waals surface area contributed by atoms with E-state index in [0.717, 1.165) is 23.3 Å². The predicted molar refractivity (Wildman–Crippen MR) is 84.1 cm³/mol. The van der Waals surface area contributed by atoms with Crippen LogP contribution < -0.4 is 9.64 Å². The molecular weight excluding hydrogens is 314 g/mol. The number of hydrogen-bond donors (Lipinski definition) is 1. The van der Waals surface area contributed by atoms with Crippen LogP contribution in [0.5, 0.6) is 5.75 Å². The minimum Gasteiger partial charge on any atom is -0.496 e. The predicted octanol–water partition coefficient (Wildman–Crippen LogP) is 2.60. The van der Waals surface area contributed by atoms with Crippen LogP contribution in [-0.2, 0) is 19.5 Å². The third-order valence-electron chi connectivity index (χ3n) is 3.98. The highest BCUT2D eigenvalue weighted by atomic mass is 79.9. The summed E-state index contributed by atoms with van der Waals surface area (Å²) in [5, 5.41) is 0. The first-order valence-electron chi connectivity index (χ1n) is 6.99. The normalized spacial score (nSPS) is 17.6. The van der Waals surface area contributed by atoms with E-state index < -0.39 is 0 Å². The SMILES string of the molecule is COc1ccc(C[NH+]2CCc3ccccc3C2)cc1Br. The molecule has 0 aromatic heterocycles. The van der Waals surface area contributed by atoms with Gasteiger partial charge in [-0.3, -0.25) is 0 Å². The van der Waals surface area contributed by atoms with Crippen LogP contribution in [0.3, 0.4) is 0 Å². The number of hydrogen-bond acceptors (Lipinski definition) is 1. The van der Waals surface area contributed by atoms with Gasteiger partial charge in [-0.1, -0.05) is 24.3 Å². The van der Waals surface area contributed by atoms with Crippen LogP contribution in [0, 0.1) is 0 Å². The number of quaternary nitrogens is 1. The summed E-state index contributed by atoms with van der Waals surface area (Å²) in [7, 11) is 1.70. The first-order chi connectivity index (χ1) is 9.76. The van der Waals surface area contributed by atoms with Crippen LogP contribution in [0.1, 0.15) is 16.7 Å². The fourth-order valence-electron chi connectivity index (χ4n) is 2.90. The molecule has 1 aliphatic rings. The molecule has 0 spiro atoms. The van der Waals surface area contributed by atoms with Gasteiger partial charge in [0.2, 0.25) is 0 Å². The smallest absolute Gasteiger partial charge is 0.133 e. The van der Waals surface area contributed by atoms with Gasteiger partial charge >= 0.3 is 0 Å². The molecule has 1 unspecified atom stereocenters. The molecule has 1 N–H and O–H groups in total. The van der Waals surface area contributed by atoms with Crippen LogP contribution in [0.4, 0.5) is 0 Å². The Balaban J connectivity index is 1.72. The summed E-state index contributed by atoms with van der Waals surface area (Å²) in [6, 6.07) is 15.2. The summed E-state index contributed by atoms with van der Waals surface area (Å²) in [6.07, 6.45) is 1.18. The van der Waals surface area contributed by atoms with Gasteiger partial charge in [0, 0.05) is 17.5 Å². The topological polar surface area (TPSA) is 13.7 Å². The summed E-state index contributed by atoms with van der Waals surface area (Å²) in [5.41, 5.74) is 4.38. The maximum absolute atomic E-state index is 5.28. The van der Waals surface area contributed by atoms with Crippen molar-refractivity contribution in [2.45, 2.75) is 19.5 Å². The number of ether oxygens (including phenoxy) is 1. The van der Waals surface area contributed by atoms with Gasteiger partial charge in [-0.25, -0.2) is 0 Å². The van der Waals surface area contributed by atoms with E-state index in [1.165, 1.54) is 29.7 Å². The van der Waals surface area contributed by atoms with E-state index >= 15 is 0 Å². The Labute approximate surface area is 128 Å². The van der Waals surface area contributed by atoms with Crippen molar-refractivity contribution < 1.29 is 9.64 Å². The minimum atomic E-state index is 0.896. The molecule has 0 fully saturated rings. The van der Waals surface area contributed by atoms with Crippen LogP contribution in [-0.4, -0.2) is 13.7 Å². The molecule has 2 nitrogen and oxygen atoms in total. The third-order valence-corrected chi connectivity index (χ3v) is 4.60. The van der Waals surface area contributed by atoms with E-state index in [4.69, 9.17) is 4.74 Å². The monoisotopic (exact) mass is 332 g/mol.